The molecule has 1 aromatic heterocycles. The second kappa shape index (κ2) is 8.84. The quantitative estimate of drug-likeness (QED) is 0.547. The molecule has 0 bridgehead atoms. The maximum atomic E-state index is 12.2. The zero-order valence-corrected chi connectivity index (χ0v) is 17.8. The van der Waals surface area contributed by atoms with Gasteiger partial charge in [-0.1, -0.05) is 49.3 Å². The lowest BCUT2D eigenvalue weighted by atomic mass is 10.0. The van der Waals surface area contributed by atoms with Crippen LogP contribution in [0.2, 0.25) is 5.02 Å². The Morgan fingerprint density at radius 1 is 1.30 bits per heavy atom. The van der Waals surface area contributed by atoms with E-state index in [1.165, 1.54) is 16.4 Å². The summed E-state index contributed by atoms with van der Waals surface area (Å²) in [5.74, 6) is 7.40. The summed E-state index contributed by atoms with van der Waals surface area (Å²) < 4.78 is 6.76. The highest BCUT2D eigenvalue weighted by atomic mass is 35.5. The van der Waals surface area contributed by atoms with Crippen LogP contribution in [0.25, 0.3) is 0 Å². The van der Waals surface area contributed by atoms with Gasteiger partial charge >= 0.3 is 6.09 Å². The summed E-state index contributed by atoms with van der Waals surface area (Å²) in [4.78, 5) is 12.2. The molecule has 1 atom stereocenters. The van der Waals surface area contributed by atoms with Gasteiger partial charge in [-0.15, -0.1) is 10.2 Å². The zero-order valence-electron chi connectivity index (χ0n) is 16.2. The first-order chi connectivity index (χ1) is 12.6. The van der Waals surface area contributed by atoms with Crippen molar-refractivity contribution in [2.24, 2.45) is 5.92 Å². The van der Waals surface area contributed by atoms with Gasteiger partial charge in [0.05, 0.1) is 6.04 Å². The number of hydrogen-bond acceptors (Lipinski definition) is 6. The summed E-state index contributed by atoms with van der Waals surface area (Å²) in [6, 6.07) is 7.18. The Morgan fingerprint density at radius 3 is 2.48 bits per heavy atom. The third kappa shape index (κ3) is 6.32. The smallest absolute Gasteiger partial charge is 0.408 e. The number of ether oxygens (including phenoxy) is 1. The molecule has 2 rings (SSSR count). The van der Waals surface area contributed by atoms with Crippen molar-refractivity contribution < 1.29 is 9.53 Å². The van der Waals surface area contributed by atoms with Gasteiger partial charge in [0.1, 0.15) is 5.60 Å². The number of nitrogen functional groups attached to an aromatic ring is 1. The molecule has 148 valence electrons. The van der Waals surface area contributed by atoms with E-state index in [1.54, 1.807) is 0 Å². The maximum Gasteiger partial charge on any atom is 0.408 e. The Morgan fingerprint density at radius 2 is 1.93 bits per heavy atom. The topological polar surface area (TPSA) is 95.1 Å². The maximum absolute atomic E-state index is 12.2. The Bertz CT molecular complexity index is 771. The number of benzene rings is 1. The number of nitrogens with zero attached hydrogens (tertiary/aromatic N) is 3. The Hall–Kier alpha value is -1.93. The average Bonchev–Trinajstić information content (AvgIpc) is 2.91. The minimum atomic E-state index is -0.582. The fourth-order valence-corrected chi connectivity index (χ4v) is 3.24. The van der Waals surface area contributed by atoms with Gasteiger partial charge in [0, 0.05) is 10.8 Å². The third-order valence-corrected chi connectivity index (χ3v) is 4.86. The van der Waals surface area contributed by atoms with Crippen molar-refractivity contribution in [1.82, 2.24) is 20.2 Å². The number of rotatable bonds is 6. The predicted molar refractivity (Wildman–Crippen MR) is 108 cm³/mol. The molecule has 0 spiro atoms. The van der Waals surface area contributed by atoms with E-state index in [2.05, 4.69) is 15.5 Å². The van der Waals surface area contributed by atoms with Crippen molar-refractivity contribution in [2.45, 2.75) is 57.2 Å². The molecule has 0 saturated heterocycles. The van der Waals surface area contributed by atoms with Crippen molar-refractivity contribution in [2.75, 3.05) is 5.84 Å². The minimum Gasteiger partial charge on any atom is -0.444 e. The lowest BCUT2D eigenvalue weighted by molar-refractivity contribution is 0.0485. The van der Waals surface area contributed by atoms with Gasteiger partial charge in [-0.05, 0) is 44.4 Å². The predicted octanol–water partition coefficient (Wildman–Crippen LogP) is 4.16. The number of nitrogens with two attached hydrogens (primary N) is 1. The highest BCUT2D eigenvalue weighted by molar-refractivity contribution is 7.98. The molecule has 0 radical (unpaired) electrons. The highest BCUT2D eigenvalue weighted by Crippen LogP contribution is 2.26. The van der Waals surface area contributed by atoms with Gasteiger partial charge in [-0.2, -0.15) is 0 Å². The monoisotopic (exact) mass is 411 g/mol. The van der Waals surface area contributed by atoms with Crippen LogP contribution in [0.15, 0.2) is 29.4 Å². The molecule has 3 N–H and O–H groups in total. The van der Waals surface area contributed by atoms with E-state index in [9.17, 15) is 4.79 Å². The van der Waals surface area contributed by atoms with Crippen molar-refractivity contribution in [3.63, 3.8) is 0 Å². The van der Waals surface area contributed by atoms with Gasteiger partial charge < -0.3 is 15.9 Å². The molecule has 7 nitrogen and oxygen atoms in total. The first-order valence-corrected chi connectivity index (χ1v) is 10.0. The summed E-state index contributed by atoms with van der Waals surface area (Å²) in [6.45, 7) is 9.38. The van der Waals surface area contributed by atoms with Crippen LogP contribution in [0.3, 0.4) is 0 Å². The van der Waals surface area contributed by atoms with E-state index < -0.39 is 17.7 Å². The second-order valence-electron chi connectivity index (χ2n) is 7.49. The number of carbonyl (C=O) groups is 1. The molecule has 2 aromatic rings. The van der Waals surface area contributed by atoms with Crippen LogP contribution in [0, 0.1) is 5.92 Å². The van der Waals surface area contributed by atoms with Gasteiger partial charge in [-0.3, -0.25) is 0 Å². The number of amides is 1. The van der Waals surface area contributed by atoms with Crippen LogP contribution in [0.1, 0.15) is 52.0 Å². The molecule has 0 aliphatic carbocycles. The number of thioether (sulfide) groups is 1. The number of nitrogens with one attached hydrogen (secondary N) is 1. The van der Waals surface area contributed by atoms with Crippen molar-refractivity contribution >= 4 is 29.5 Å². The fourth-order valence-electron chi connectivity index (χ4n) is 2.29. The summed E-state index contributed by atoms with van der Waals surface area (Å²) in [6.07, 6.45) is -0.514. The van der Waals surface area contributed by atoms with Gasteiger partial charge in [0.15, 0.2) is 5.82 Å². The SMILES string of the molecule is CC(C)C(NC(=O)OC(C)(C)C)c1nnc(SCc2ccc(Cl)cc2)n1N. The Kier molecular flexibility index (Phi) is 7.00. The van der Waals surface area contributed by atoms with Gasteiger partial charge in [0.2, 0.25) is 5.16 Å². The van der Waals surface area contributed by atoms with Crippen LogP contribution in [-0.2, 0) is 10.5 Å². The van der Waals surface area contributed by atoms with Gasteiger partial charge in [0.25, 0.3) is 0 Å². The molecule has 0 aliphatic heterocycles. The Labute approximate surface area is 169 Å². The molecule has 27 heavy (non-hydrogen) atoms. The molecule has 1 unspecified atom stereocenters. The second-order valence-corrected chi connectivity index (χ2v) is 8.87. The van der Waals surface area contributed by atoms with Crippen LogP contribution >= 0.6 is 23.4 Å². The molecular formula is C18H26ClN5O2S. The first-order valence-electron chi connectivity index (χ1n) is 8.64. The molecule has 0 fully saturated rings. The third-order valence-electron chi connectivity index (χ3n) is 3.59. The standard InChI is InChI=1S/C18H26ClN5O2S/c1-11(2)14(21-17(25)26-18(3,4)5)15-22-23-16(24(15)20)27-10-12-6-8-13(19)9-7-12/h6-9,11,14H,10,20H2,1-5H3,(H,21,25). The number of hydrogen-bond donors (Lipinski definition) is 2. The Balaban J connectivity index is 2.09. The highest BCUT2D eigenvalue weighted by Gasteiger charge is 2.27. The van der Waals surface area contributed by atoms with E-state index in [-0.39, 0.29) is 5.92 Å². The van der Waals surface area contributed by atoms with Crippen molar-refractivity contribution in [3.8, 4) is 0 Å². The van der Waals surface area contributed by atoms with Crippen LogP contribution in [-0.4, -0.2) is 26.6 Å². The molecule has 0 saturated carbocycles. The van der Waals surface area contributed by atoms with E-state index in [0.29, 0.717) is 21.8 Å². The fraction of sp³-hybridized carbons (Fsp3) is 0.500. The number of alkyl carbamates (subject to hydrolysis) is 1. The van der Waals surface area contributed by atoms with E-state index in [4.69, 9.17) is 22.2 Å². The zero-order chi connectivity index (χ0) is 20.2. The number of aromatic nitrogens is 3. The minimum absolute atomic E-state index is 0.0538. The largest absolute Gasteiger partial charge is 0.444 e. The van der Waals surface area contributed by atoms with E-state index >= 15 is 0 Å². The van der Waals surface area contributed by atoms with Gasteiger partial charge in [-0.25, -0.2) is 9.47 Å². The molecule has 9 heteroatoms. The normalized spacial score (nSPS) is 12.9. The summed E-state index contributed by atoms with van der Waals surface area (Å²) in [5.41, 5.74) is 0.517. The molecule has 0 aliphatic rings. The van der Waals surface area contributed by atoms with Crippen molar-refractivity contribution in [1.29, 1.82) is 0 Å². The average molecular weight is 412 g/mol. The van der Waals surface area contributed by atoms with Crippen LogP contribution in [0.5, 0.6) is 0 Å². The van der Waals surface area contributed by atoms with E-state index in [1.807, 2.05) is 58.9 Å². The number of halogens is 1. The lowest BCUT2D eigenvalue weighted by Gasteiger charge is -2.25. The van der Waals surface area contributed by atoms with E-state index in [0.717, 1.165) is 5.56 Å². The molecular weight excluding hydrogens is 386 g/mol. The lowest BCUT2D eigenvalue weighted by Crippen LogP contribution is -2.38. The summed E-state index contributed by atoms with van der Waals surface area (Å²) in [7, 11) is 0. The molecule has 1 heterocycles. The van der Waals surface area contributed by atoms with Crippen molar-refractivity contribution in [3.05, 3.63) is 40.7 Å². The summed E-state index contributed by atoms with van der Waals surface area (Å²) >= 11 is 7.37. The summed E-state index contributed by atoms with van der Waals surface area (Å²) in [5, 5.41) is 12.5. The molecule has 1 amide bonds. The van der Waals surface area contributed by atoms with Crippen LogP contribution < -0.4 is 11.2 Å². The van der Waals surface area contributed by atoms with Crippen LogP contribution in [0.4, 0.5) is 4.79 Å². The first kappa shape index (κ1) is 21.4. The molecule has 1 aromatic carbocycles. The number of carbonyl (C=O) groups excluding carboxylic acids is 1.